The Bertz CT molecular complexity index is 640. The van der Waals surface area contributed by atoms with Crippen LogP contribution in [0.2, 0.25) is 0 Å². The maximum absolute atomic E-state index is 11.8. The van der Waals surface area contributed by atoms with E-state index in [4.69, 9.17) is 0 Å². The van der Waals surface area contributed by atoms with Crippen LogP contribution in [0.5, 0.6) is 0 Å². The van der Waals surface area contributed by atoms with Crippen molar-refractivity contribution in [2.24, 2.45) is 5.92 Å². The Kier molecular flexibility index (Phi) is 4.15. The van der Waals surface area contributed by atoms with Gasteiger partial charge in [0.25, 0.3) is 0 Å². The van der Waals surface area contributed by atoms with Crippen LogP contribution in [0.4, 0.5) is 17.3 Å². The van der Waals surface area contributed by atoms with Crippen LogP contribution >= 0.6 is 15.9 Å². The van der Waals surface area contributed by atoms with E-state index < -0.39 is 0 Å². The van der Waals surface area contributed by atoms with Crippen molar-refractivity contribution >= 4 is 39.2 Å². The highest BCUT2D eigenvalue weighted by Gasteiger charge is 2.25. The number of hydrogen-bond donors (Lipinski definition) is 2. The number of halogens is 1. The molecule has 0 bridgehead atoms. The molecule has 21 heavy (non-hydrogen) atoms. The van der Waals surface area contributed by atoms with Crippen molar-refractivity contribution in [3.05, 3.63) is 40.9 Å². The minimum atomic E-state index is 0.0436. The van der Waals surface area contributed by atoms with E-state index in [1.165, 1.54) is 0 Å². The number of anilines is 3. The SMILES string of the molecule is O=C(Nc1ccc(Nc2ccccc2Br)nn1)C1CCC1. The van der Waals surface area contributed by atoms with Crippen molar-refractivity contribution < 1.29 is 4.79 Å². The Morgan fingerprint density at radius 3 is 2.43 bits per heavy atom. The van der Waals surface area contributed by atoms with Crippen molar-refractivity contribution in [1.29, 1.82) is 0 Å². The molecule has 0 unspecified atom stereocenters. The maximum Gasteiger partial charge on any atom is 0.228 e. The first kappa shape index (κ1) is 14.0. The monoisotopic (exact) mass is 346 g/mol. The average Bonchev–Trinajstić information content (AvgIpc) is 2.41. The fourth-order valence-electron chi connectivity index (χ4n) is 2.06. The zero-order chi connectivity index (χ0) is 14.7. The highest BCUT2D eigenvalue weighted by Crippen LogP contribution is 2.27. The first-order valence-electron chi connectivity index (χ1n) is 6.88. The molecule has 0 aliphatic heterocycles. The molecule has 6 heteroatoms. The molecular formula is C15H15BrN4O. The minimum absolute atomic E-state index is 0.0436. The molecule has 108 valence electrons. The quantitative estimate of drug-likeness (QED) is 0.885. The lowest BCUT2D eigenvalue weighted by Gasteiger charge is -2.23. The number of nitrogens with one attached hydrogen (secondary N) is 2. The molecule has 0 atom stereocenters. The average molecular weight is 347 g/mol. The summed E-state index contributed by atoms with van der Waals surface area (Å²) >= 11 is 3.46. The van der Waals surface area contributed by atoms with Crippen LogP contribution in [0.3, 0.4) is 0 Å². The molecule has 0 saturated heterocycles. The number of benzene rings is 1. The number of nitrogens with zero attached hydrogens (tertiary/aromatic N) is 2. The summed E-state index contributed by atoms with van der Waals surface area (Å²) in [5, 5.41) is 14.1. The Labute approximate surface area is 131 Å². The highest BCUT2D eigenvalue weighted by atomic mass is 79.9. The molecule has 5 nitrogen and oxygen atoms in total. The first-order valence-corrected chi connectivity index (χ1v) is 7.68. The summed E-state index contributed by atoms with van der Waals surface area (Å²) in [4.78, 5) is 11.8. The van der Waals surface area contributed by atoms with Crippen LogP contribution in [0.1, 0.15) is 19.3 Å². The fraction of sp³-hybridized carbons (Fsp3) is 0.267. The predicted octanol–water partition coefficient (Wildman–Crippen LogP) is 3.72. The van der Waals surface area contributed by atoms with Crippen LogP contribution in [-0.4, -0.2) is 16.1 Å². The molecule has 1 heterocycles. The molecule has 1 aliphatic rings. The van der Waals surface area contributed by atoms with Gasteiger partial charge in [-0.2, -0.15) is 0 Å². The van der Waals surface area contributed by atoms with Crippen molar-refractivity contribution in [1.82, 2.24) is 10.2 Å². The minimum Gasteiger partial charge on any atom is -0.338 e. The summed E-state index contributed by atoms with van der Waals surface area (Å²) in [6.07, 6.45) is 3.08. The maximum atomic E-state index is 11.8. The summed E-state index contributed by atoms with van der Waals surface area (Å²) in [7, 11) is 0. The van der Waals surface area contributed by atoms with E-state index in [2.05, 4.69) is 36.8 Å². The fourth-order valence-corrected chi connectivity index (χ4v) is 2.45. The molecule has 3 rings (SSSR count). The first-order chi connectivity index (χ1) is 10.2. The number of amides is 1. The van der Waals surface area contributed by atoms with E-state index in [1.807, 2.05) is 24.3 Å². The molecule has 1 aromatic carbocycles. The number of rotatable bonds is 4. The Morgan fingerprint density at radius 1 is 1.10 bits per heavy atom. The lowest BCUT2D eigenvalue weighted by molar-refractivity contribution is -0.122. The largest absolute Gasteiger partial charge is 0.338 e. The zero-order valence-electron chi connectivity index (χ0n) is 11.3. The molecule has 0 radical (unpaired) electrons. The summed E-state index contributed by atoms with van der Waals surface area (Å²) in [5.41, 5.74) is 0.915. The van der Waals surface area contributed by atoms with Gasteiger partial charge in [-0.05, 0) is 53.0 Å². The number of hydrogen-bond acceptors (Lipinski definition) is 4. The van der Waals surface area contributed by atoms with Gasteiger partial charge in [-0.3, -0.25) is 4.79 Å². The van der Waals surface area contributed by atoms with Gasteiger partial charge < -0.3 is 10.6 Å². The predicted molar refractivity (Wildman–Crippen MR) is 85.4 cm³/mol. The lowest BCUT2D eigenvalue weighted by atomic mass is 9.85. The standard InChI is InChI=1S/C15H15BrN4O/c16-11-6-1-2-7-12(11)17-13-8-9-14(20-19-13)18-15(21)10-4-3-5-10/h1-2,6-10H,3-5H2,(H,17,19)(H,18,20,21). The number of para-hydroxylation sites is 1. The summed E-state index contributed by atoms with van der Waals surface area (Å²) in [6, 6.07) is 11.3. The van der Waals surface area contributed by atoms with Crippen LogP contribution in [0, 0.1) is 5.92 Å². The van der Waals surface area contributed by atoms with Gasteiger partial charge in [-0.1, -0.05) is 18.6 Å². The van der Waals surface area contributed by atoms with Crippen molar-refractivity contribution in [2.75, 3.05) is 10.6 Å². The van der Waals surface area contributed by atoms with E-state index in [1.54, 1.807) is 12.1 Å². The van der Waals surface area contributed by atoms with E-state index >= 15 is 0 Å². The van der Waals surface area contributed by atoms with Gasteiger partial charge in [-0.25, -0.2) is 0 Å². The molecule has 1 amide bonds. The van der Waals surface area contributed by atoms with Crippen LogP contribution in [-0.2, 0) is 4.79 Å². The number of carbonyl (C=O) groups excluding carboxylic acids is 1. The smallest absolute Gasteiger partial charge is 0.228 e. The Balaban J connectivity index is 1.64. The van der Waals surface area contributed by atoms with Crippen LogP contribution in [0.15, 0.2) is 40.9 Å². The van der Waals surface area contributed by atoms with Gasteiger partial charge in [0.15, 0.2) is 11.6 Å². The summed E-state index contributed by atoms with van der Waals surface area (Å²) in [6.45, 7) is 0. The van der Waals surface area contributed by atoms with E-state index in [0.29, 0.717) is 11.6 Å². The second-order valence-electron chi connectivity index (χ2n) is 5.03. The summed E-state index contributed by atoms with van der Waals surface area (Å²) < 4.78 is 0.953. The number of aromatic nitrogens is 2. The van der Waals surface area contributed by atoms with Crippen molar-refractivity contribution in [2.45, 2.75) is 19.3 Å². The molecule has 1 fully saturated rings. The third kappa shape index (κ3) is 3.39. The second kappa shape index (κ2) is 6.22. The lowest BCUT2D eigenvalue weighted by Crippen LogP contribution is -2.28. The van der Waals surface area contributed by atoms with Gasteiger partial charge >= 0.3 is 0 Å². The van der Waals surface area contributed by atoms with Gasteiger partial charge in [0.2, 0.25) is 5.91 Å². The van der Waals surface area contributed by atoms with Gasteiger partial charge in [0.05, 0.1) is 5.69 Å². The zero-order valence-corrected chi connectivity index (χ0v) is 12.9. The molecular weight excluding hydrogens is 332 g/mol. The van der Waals surface area contributed by atoms with Gasteiger partial charge in [0, 0.05) is 10.4 Å². The topological polar surface area (TPSA) is 66.9 Å². The van der Waals surface area contributed by atoms with Crippen molar-refractivity contribution in [3.63, 3.8) is 0 Å². The van der Waals surface area contributed by atoms with Crippen molar-refractivity contribution in [3.8, 4) is 0 Å². The Hall–Kier alpha value is -1.95. The van der Waals surface area contributed by atoms with E-state index in [0.717, 1.165) is 29.4 Å². The van der Waals surface area contributed by atoms with Crippen LogP contribution in [0.25, 0.3) is 0 Å². The number of carbonyl (C=O) groups is 1. The van der Waals surface area contributed by atoms with E-state index in [-0.39, 0.29) is 11.8 Å². The molecule has 1 saturated carbocycles. The van der Waals surface area contributed by atoms with E-state index in [9.17, 15) is 4.79 Å². The van der Waals surface area contributed by atoms with Crippen LogP contribution < -0.4 is 10.6 Å². The third-order valence-corrected chi connectivity index (χ3v) is 4.22. The normalized spacial score (nSPS) is 14.3. The molecule has 2 N–H and O–H groups in total. The molecule has 1 aliphatic carbocycles. The molecule has 2 aromatic rings. The second-order valence-corrected chi connectivity index (χ2v) is 5.88. The van der Waals surface area contributed by atoms with Gasteiger partial charge in [-0.15, -0.1) is 10.2 Å². The summed E-state index contributed by atoms with van der Waals surface area (Å²) in [5.74, 6) is 1.31. The molecule has 0 spiro atoms. The highest BCUT2D eigenvalue weighted by molar-refractivity contribution is 9.10. The van der Waals surface area contributed by atoms with Gasteiger partial charge in [0.1, 0.15) is 0 Å². The third-order valence-electron chi connectivity index (χ3n) is 3.53. The molecule has 1 aromatic heterocycles. The Morgan fingerprint density at radius 2 is 1.81 bits per heavy atom.